The van der Waals surface area contributed by atoms with Crippen molar-refractivity contribution in [2.24, 2.45) is 0 Å². The molecular formula is C21H15NO. The van der Waals surface area contributed by atoms with Crippen molar-refractivity contribution >= 4 is 5.78 Å². The van der Waals surface area contributed by atoms with Crippen LogP contribution in [0, 0.1) is 11.3 Å². The number of hydrogen-bond acceptors (Lipinski definition) is 2. The van der Waals surface area contributed by atoms with E-state index in [0.29, 0.717) is 11.1 Å². The molecule has 0 saturated carbocycles. The van der Waals surface area contributed by atoms with Gasteiger partial charge >= 0.3 is 0 Å². The molecule has 0 N–H and O–H groups in total. The van der Waals surface area contributed by atoms with Gasteiger partial charge in [0.05, 0.1) is 12.0 Å². The lowest BCUT2D eigenvalue weighted by Crippen LogP contribution is -2.09. The molecule has 0 amide bonds. The highest BCUT2D eigenvalue weighted by atomic mass is 16.1. The van der Waals surface area contributed by atoms with E-state index in [9.17, 15) is 10.1 Å². The van der Waals surface area contributed by atoms with Gasteiger partial charge in [0.2, 0.25) is 0 Å². The summed E-state index contributed by atoms with van der Waals surface area (Å²) in [6.45, 7) is 0. The summed E-state index contributed by atoms with van der Waals surface area (Å²) < 4.78 is 0. The number of rotatable bonds is 4. The monoisotopic (exact) mass is 297 g/mol. The molecule has 0 aliphatic rings. The second kappa shape index (κ2) is 6.72. The zero-order valence-electron chi connectivity index (χ0n) is 12.5. The molecule has 0 aliphatic heterocycles. The number of hydrogen-bond donors (Lipinski definition) is 0. The van der Waals surface area contributed by atoms with Gasteiger partial charge in [0.15, 0.2) is 5.78 Å². The molecule has 0 aromatic heterocycles. The minimum atomic E-state index is -0.458. The normalized spacial score (nSPS) is 11.4. The Kier molecular flexibility index (Phi) is 4.31. The number of carbonyl (C=O) groups excluding carboxylic acids is 1. The Bertz CT molecular complexity index is 848. The van der Waals surface area contributed by atoms with Crippen molar-refractivity contribution in [1.29, 1.82) is 5.26 Å². The van der Waals surface area contributed by atoms with Gasteiger partial charge in [-0.2, -0.15) is 5.26 Å². The third kappa shape index (κ3) is 3.04. The van der Waals surface area contributed by atoms with Crippen molar-refractivity contribution < 1.29 is 4.79 Å². The highest BCUT2D eigenvalue weighted by Crippen LogP contribution is 2.28. The van der Waals surface area contributed by atoms with Crippen LogP contribution in [0.15, 0.2) is 84.9 Å². The summed E-state index contributed by atoms with van der Waals surface area (Å²) in [4.78, 5) is 12.8. The largest absolute Gasteiger partial charge is 0.289 e. The summed E-state index contributed by atoms with van der Waals surface area (Å²) in [6.07, 6.45) is 0. The highest BCUT2D eigenvalue weighted by Gasteiger charge is 2.20. The van der Waals surface area contributed by atoms with Crippen molar-refractivity contribution in [3.63, 3.8) is 0 Å². The van der Waals surface area contributed by atoms with Gasteiger partial charge in [0.25, 0.3) is 0 Å². The fraction of sp³-hybridized carbons (Fsp3) is 0.0476. The van der Waals surface area contributed by atoms with Crippen molar-refractivity contribution in [1.82, 2.24) is 0 Å². The first-order valence-corrected chi connectivity index (χ1v) is 7.44. The SMILES string of the molecule is N#C[C@H](c1ccccc1)c1ccccc1C(=O)c1ccccc1. The van der Waals surface area contributed by atoms with Crippen LogP contribution in [-0.4, -0.2) is 5.78 Å². The molecule has 3 aromatic rings. The smallest absolute Gasteiger partial charge is 0.193 e. The fourth-order valence-corrected chi connectivity index (χ4v) is 2.67. The molecule has 0 spiro atoms. The molecule has 2 nitrogen and oxygen atoms in total. The molecule has 0 unspecified atom stereocenters. The van der Waals surface area contributed by atoms with Crippen LogP contribution in [0.4, 0.5) is 0 Å². The predicted molar refractivity (Wildman–Crippen MR) is 90.2 cm³/mol. The minimum absolute atomic E-state index is 0.0580. The molecule has 110 valence electrons. The number of benzene rings is 3. The van der Waals surface area contributed by atoms with E-state index in [1.807, 2.05) is 66.7 Å². The van der Waals surface area contributed by atoms with Crippen LogP contribution < -0.4 is 0 Å². The molecule has 3 aromatic carbocycles. The molecule has 0 aliphatic carbocycles. The molecule has 1 atom stereocenters. The van der Waals surface area contributed by atoms with Gasteiger partial charge in [0.1, 0.15) is 0 Å². The van der Waals surface area contributed by atoms with Crippen molar-refractivity contribution in [3.8, 4) is 6.07 Å². The van der Waals surface area contributed by atoms with Gasteiger partial charge in [0, 0.05) is 11.1 Å². The van der Waals surface area contributed by atoms with Crippen LogP contribution >= 0.6 is 0 Å². The van der Waals surface area contributed by atoms with E-state index in [1.165, 1.54) is 0 Å². The quantitative estimate of drug-likeness (QED) is 0.662. The summed E-state index contributed by atoms with van der Waals surface area (Å²) in [6, 6.07) is 28.4. The average Bonchev–Trinajstić information content (AvgIpc) is 2.64. The lowest BCUT2D eigenvalue weighted by atomic mass is 9.86. The van der Waals surface area contributed by atoms with Gasteiger partial charge in [-0.15, -0.1) is 0 Å². The van der Waals surface area contributed by atoms with Crippen LogP contribution in [0.5, 0.6) is 0 Å². The number of nitrogens with zero attached hydrogens (tertiary/aromatic N) is 1. The minimum Gasteiger partial charge on any atom is -0.289 e. The van der Waals surface area contributed by atoms with Gasteiger partial charge in [-0.1, -0.05) is 84.9 Å². The zero-order valence-corrected chi connectivity index (χ0v) is 12.5. The van der Waals surface area contributed by atoms with Crippen LogP contribution in [0.3, 0.4) is 0 Å². The van der Waals surface area contributed by atoms with E-state index in [0.717, 1.165) is 11.1 Å². The molecule has 3 rings (SSSR count). The van der Waals surface area contributed by atoms with Crippen molar-refractivity contribution in [2.75, 3.05) is 0 Å². The van der Waals surface area contributed by atoms with E-state index >= 15 is 0 Å². The third-order valence-corrected chi connectivity index (χ3v) is 3.81. The summed E-state index contributed by atoms with van der Waals surface area (Å²) in [5, 5.41) is 9.65. The Morgan fingerprint density at radius 1 is 0.783 bits per heavy atom. The van der Waals surface area contributed by atoms with Gasteiger partial charge in [-0.25, -0.2) is 0 Å². The lowest BCUT2D eigenvalue weighted by Gasteiger charge is -2.14. The molecule has 2 heteroatoms. The summed E-state index contributed by atoms with van der Waals surface area (Å²) in [5.41, 5.74) is 2.84. The van der Waals surface area contributed by atoms with Crippen molar-refractivity contribution in [2.45, 2.75) is 5.92 Å². The lowest BCUT2D eigenvalue weighted by molar-refractivity contribution is 0.103. The maximum absolute atomic E-state index is 12.8. The summed E-state index contributed by atoms with van der Waals surface area (Å²) in [5.74, 6) is -0.516. The fourth-order valence-electron chi connectivity index (χ4n) is 2.67. The van der Waals surface area contributed by atoms with E-state index in [-0.39, 0.29) is 5.78 Å². The number of carbonyl (C=O) groups is 1. The topological polar surface area (TPSA) is 40.9 Å². The maximum Gasteiger partial charge on any atom is 0.193 e. The first-order chi connectivity index (χ1) is 11.3. The average molecular weight is 297 g/mol. The van der Waals surface area contributed by atoms with Crippen LogP contribution in [0.2, 0.25) is 0 Å². The van der Waals surface area contributed by atoms with E-state index in [4.69, 9.17) is 0 Å². The highest BCUT2D eigenvalue weighted by molar-refractivity contribution is 6.10. The Balaban J connectivity index is 2.08. The zero-order chi connectivity index (χ0) is 16.1. The maximum atomic E-state index is 12.8. The molecule has 0 saturated heterocycles. The second-order valence-electron chi connectivity index (χ2n) is 5.26. The van der Waals surface area contributed by atoms with Crippen LogP contribution in [0.1, 0.15) is 33.0 Å². The van der Waals surface area contributed by atoms with E-state index in [1.54, 1.807) is 18.2 Å². The first-order valence-electron chi connectivity index (χ1n) is 7.44. The summed E-state index contributed by atoms with van der Waals surface area (Å²) in [7, 11) is 0. The summed E-state index contributed by atoms with van der Waals surface area (Å²) >= 11 is 0. The second-order valence-corrected chi connectivity index (χ2v) is 5.26. The third-order valence-electron chi connectivity index (χ3n) is 3.81. The Hall–Kier alpha value is -3.18. The standard InChI is InChI=1S/C21H15NO/c22-15-20(16-9-3-1-4-10-16)18-13-7-8-14-19(18)21(23)17-11-5-2-6-12-17/h1-14,20H/t20-/m1/s1. The molecule has 0 radical (unpaired) electrons. The van der Waals surface area contributed by atoms with E-state index < -0.39 is 5.92 Å². The van der Waals surface area contributed by atoms with Gasteiger partial charge in [-0.05, 0) is 11.1 Å². The van der Waals surface area contributed by atoms with Crippen LogP contribution in [-0.2, 0) is 0 Å². The van der Waals surface area contributed by atoms with Crippen LogP contribution in [0.25, 0.3) is 0 Å². The van der Waals surface area contributed by atoms with Crippen molar-refractivity contribution in [3.05, 3.63) is 107 Å². The molecule has 0 fully saturated rings. The Morgan fingerprint density at radius 3 is 2.00 bits per heavy atom. The molecular weight excluding hydrogens is 282 g/mol. The number of ketones is 1. The first kappa shape index (κ1) is 14.7. The predicted octanol–water partition coefficient (Wildman–Crippen LogP) is 4.57. The Labute approximate surface area is 135 Å². The molecule has 0 heterocycles. The number of nitriles is 1. The molecule has 0 bridgehead atoms. The van der Waals surface area contributed by atoms with E-state index in [2.05, 4.69) is 6.07 Å². The van der Waals surface area contributed by atoms with Gasteiger partial charge in [-0.3, -0.25) is 4.79 Å². The van der Waals surface area contributed by atoms with Gasteiger partial charge < -0.3 is 0 Å². The Morgan fingerprint density at radius 2 is 1.35 bits per heavy atom. The molecule has 23 heavy (non-hydrogen) atoms.